The van der Waals surface area contributed by atoms with Crippen molar-refractivity contribution in [3.63, 3.8) is 0 Å². The first-order valence-electron chi connectivity index (χ1n) is 10.1. The summed E-state index contributed by atoms with van der Waals surface area (Å²) < 4.78 is 46.4. The predicted octanol–water partition coefficient (Wildman–Crippen LogP) is 3.54. The highest BCUT2D eigenvalue weighted by atomic mass is 32.2. The van der Waals surface area contributed by atoms with Crippen molar-refractivity contribution in [1.82, 2.24) is 14.8 Å². The van der Waals surface area contributed by atoms with Crippen molar-refractivity contribution >= 4 is 42.4 Å². The van der Waals surface area contributed by atoms with Crippen molar-refractivity contribution in [2.75, 3.05) is 24.3 Å². The number of anilines is 1. The van der Waals surface area contributed by atoms with Gasteiger partial charge in [-0.3, -0.25) is 14.4 Å². The van der Waals surface area contributed by atoms with Gasteiger partial charge in [-0.1, -0.05) is 11.3 Å². The first-order valence-corrected chi connectivity index (χ1v) is 12.5. The number of halogens is 1. The van der Waals surface area contributed by atoms with Gasteiger partial charge in [-0.2, -0.15) is 5.10 Å². The SMILES string of the molecule is COc1ccc(S(=O)(=O)CCC(=O)N(CCn2cccn2)c2nc3ccc(F)cc3s2)cc1. The zero-order valence-electron chi connectivity index (χ0n) is 17.7. The first-order chi connectivity index (χ1) is 15.9. The Bertz CT molecular complexity index is 1350. The number of sulfone groups is 1. The summed E-state index contributed by atoms with van der Waals surface area (Å²) >= 11 is 1.18. The molecule has 0 saturated heterocycles. The van der Waals surface area contributed by atoms with Gasteiger partial charge in [-0.25, -0.2) is 17.8 Å². The molecule has 4 rings (SSSR count). The number of carbonyl (C=O) groups excluding carboxylic acids is 1. The highest BCUT2D eigenvalue weighted by Crippen LogP contribution is 2.30. The maximum absolute atomic E-state index is 13.6. The smallest absolute Gasteiger partial charge is 0.229 e. The fourth-order valence-corrected chi connectivity index (χ4v) is 5.49. The fourth-order valence-electron chi connectivity index (χ4n) is 3.22. The van der Waals surface area contributed by atoms with Crippen LogP contribution < -0.4 is 9.64 Å². The van der Waals surface area contributed by atoms with Crippen LogP contribution in [0.4, 0.5) is 9.52 Å². The van der Waals surface area contributed by atoms with Gasteiger partial charge in [0.25, 0.3) is 0 Å². The summed E-state index contributed by atoms with van der Waals surface area (Å²) in [5, 5.41) is 4.52. The average Bonchev–Trinajstić information content (AvgIpc) is 3.47. The van der Waals surface area contributed by atoms with E-state index >= 15 is 0 Å². The number of fused-ring (bicyclic) bond motifs is 1. The predicted molar refractivity (Wildman–Crippen MR) is 124 cm³/mol. The number of rotatable bonds is 9. The third kappa shape index (κ3) is 5.37. The molecule has 0 N–H and O–H groups in total. The molecule has 172 valence electrons. The van der Waals surface area contributed by atoms with Crippen LogP contribution >= 0.6 is 11.3 Å². The molecule has 1 amide bonds. The maximum atomic E-state index is 13.6. The molecule has 4 aromatic rings. The summed E-state index contributed by atoms with van der Waals surface area (Å²) in [6.45, 7) is 0.639. The molecule has 8 nitrogen and oxygen atoms in total. The molecule has 2 heterocycles. The van der Waals surface area contributed by atoms with Crippen molar-refractivity contribution in [2.45, 2.75) is 17.9 Å². The second-order valence-electron chi connectivity index (χ2n) is 7.17. The molecule has 11 heteroatoms. The zero-order valence-corrected chi connectivity index (χ0v) is 19.4. The minimum absolute atomic E-state index is 0.120. The van der Waals surface area contributed by atoms with Gasteiger partial charge in [0.2, 0.25) is 5.91 Å². The normalized spacial score (nSPS) is 11.6. The number of amides is 1. The van der Waals surface area contributed by atoms with E-state index in [0.717, 1.165) is 0 Å². The average molecular weight is 489 g/mol. The van der Waals surface area contributed by atoms with Crippen LogP contribution in [0.1, 0.15) is 6.42 Å². The number of carbonyl (C=O) groups is 1. The summed E-state index contributed by atoms with van der Waals surface area (Å²) in [6, 6.07) is 12.0. The summed E-state index contributed by atoms with van der Waals surface area (Å²) in [6.07, 6.45) is 3.18. The van der Waals surface area contributed by atoms with Crippen LogP contribution in [-0.2, 0) is 21.2 Å². The number of nitrogens with zero attached hydrogens (tertiary/aromatic N) is 4. The van der Waals surface area contributed by atoms with Gasteiger partial charge in [0, 0.05) is 25.4 Å². The molecule has 0 unspecified atom stereocenters. The van der Waals surface area contributed by atoms with E-state index in [0.29, 0.717) is 27.6 Å². The van der Waals surface area contributed by atoms with Crippen LogP contribution in [0.5, 0.6) is 5.75 Å². The molecule has 0 saturated carbocycles. The van der Waals surface area contributed by atoms with Gasteiger partial charge in [0.05, 0.1) is 34.5 Å². The maximum Gasteiger partial charge on any atom is 0.229 e. The molecular weight excluding hydrogens is 467 g/mol. The third-order valence-electron chi connectivity index (χ3n) is 4.99. The van der Waals surface area contributed by atoms with Gasteiger partial charge in [-0.05, 0) is 48.5 Å². The van der Waals surface area contributed by atoms with Gasteiger partial charge in [0.15, 0.2) is 15.0 Å². The standard InChI is InChI=1S/C22H21FN4O4S2/c1-31-17-4-6-18(7-5-17)33(29,30)14-9-21(28)27(13-12-26-11-2-10-24-26)22-25-19-8-3-16(23)15-20(19)32-22/h2-8,10-11,15H,9,12-14H2,1H3. The van der Waals surface area contributed by atoms with E-state index < -0.39 is 21.6 Å². The minimum atomic E-state index is -3.67. The lowest BCUT2D eigenvalue weighted by molar-refractivity contribution is -0.118. The number of ether oxygens (including phenoxy) is 1. The van der Waals surface area contributed by atoms with Crippen molar-refractivity contribution < 1.29 is 22.3 Å². The van der Waals surface area contributed by atoms with Crippen LogP contribution in [0.25, 0.3) is 10.2 Å². The van der Waals surface area contributed by atoms with Crippen LogP contribution in [0.3, 0.4) is 0 Å². The highest BCUT2D eigenvalue weighted by molar-refractivity contribution is 7.91. The Hall–Kier alpha value is -3.31. The topological polar surface area (TPSA) is 94.4 Å². The third-order valence-corrected chi connectivity index (χ3v) is 7.76. The summed E-state index contributed by atoms with van der Waals surface area (Å²) in [5.74, 6) is -0.589. The largest absolute Gasteiger partial charge is 0.497 e. The molecule has 0 aliphatic carbocycles. The lowest BCUT2D eigenvalue weighted by Crippen LogP contribution is -2.35. The van der Waals surface area contributed by atoms with Gasteiger partial charge >= 0.3 is 0 Å². The van der Waals surface area contributed by atoms with Crippen molar-refractivity contribution in [3.8, 4) is 5.75 Å². The molecule has 0 fully saturated rings. The Morgan fingerprint density at radius 1 is 1.21 bits per heavy atom. The molecule has 2 aromatic heterocycles. The zero-order chi connectivity index (χ0) is 23.4. The van der Waals surface area contributed by atoms with E-state index in [4.69, 9.17) is 4.74 Å². The molecule has 0 spiro atoms. The number of methoxy groups -OCH3 is 1. The monoisotopic (exact) mass is 488 g/mol. The Balaban J connectivity index is 1.54. The summed E-state index contributed by atoms with van der Waals surface area (Å²) in [4.78, 5) is 19.1. The van der Waals surface area contributed by atoms with E-state index in [9.17, 15) is 17.6 Å². The number of hydrogen-bond donors (Lipinski definition) is 0. The van der Waals surface area contributed by atoms with Crippen LogP contribution in [0.2, 0.25) is 0 Å². The lowest BCUT2D eigenvalue weighted by atomic mass is 10.3. The minimum Gasteiger partial charge on any atom is -0.497 e. The van der Waals surface area contributed by atoms with E-state index in [1.54, 1.807) is 41.3 Å². The van der Waals surface area contributed by atoms with Crippen molar-refractivity contribution in [1.29, 1.82) is 0 Å². The molecule has 2 aromatic carbocycles. The van der Waals surface area contributed by atoms with E-state index in [1.165, 1.54) is 47.6 Å². The molecule has 33 heavy (non-hydrogen) atoms. The highest BCUT2D eigenvalue weighted by Gasteiger charge is 2.23. The Labute approximate surface area is 194 Å². The van der Waals surface area contributed by atoms with Gasteiger partial charge in [-0.15, -0.1) is 0 Å². The van der Waals surface area contributed by atoms with E-state index in [2.05, 4.69) is 10.1 Å². The quantitative estimate of drug-likeness (QED) is 0.358. The number of thiazole rings is 1. The van der Waals surface area contributed by atoms with Gasteiger partial charge in [0.1, 0.15) is 11.6 Å². The summed E-state index contributed by atoms with van der Waals surface area (Å²) in [7, 11) is -2.18. The number of hydrogen-bond acceptors (Lipinski definition) is 7. The van der Waals surface area contributed by atoms with Gasteiger partial charge < -0.3 is 4.74 Å². The van der Waals surface area contributed by atoms with Crippen LogP contribution in [0.15, 0.2) is 65.8 Å². The molecule has 0 radical (unpaired) electrons. The Morgan fingerprint density at radius 3 is 2.70 bits per heavy atom. The lowest BCUT2D eigenvalue weighted by Gasteiger charge is -2.20. The van der Waals surface area contributed by atoms with E-state index in [-0.39, 0.29) is 23.6 Å². The van der Waals surface area contributed by atoms with Crippen molar-refractivity contribution in [2.24, 2.45) is 0 Å². The van der Waals surface area contributed by atoms with E-state index in [1.807, 2.05) is 0 Å². The molecule has 0 atom stereocenters. The number of benzene rings is 2. The first kappa shape index (κ1) is 22.9. The summed E-state index contributed by atoms with van der Waals surface area (Å²) in [5.41, 5.74) is 0.569. The van der Waals surface area contributed by atoms with Crippen LogP contribution in [0, 0.1) is 5.82 Å². The van der Waals surface area contributed by atoms with Crippen molar-refractivity contribution in [3.05, 3.63) is 66.7 Å². The molecule has 0 bridgehead atoms. The fraction of sp³-hybridized carbons (Fsp3) is 0.227. The molecule has 0 aliphatic heterocycles. The second-order valence-corrected chi connectivity index (χ2v) is 10.3. The Morgan fingerprint density at radius 2 is 2.00 bits per heavy atom. The number of aromatic nitrogens is 3. The van der Waals surface area contributed by atoms with Crippen LogP contribution in [-0.4, -0.2) is 48.5 Å². The molecule has 0 aliphatic rings. The Kier molecular flexibility index (Phi) is 6.70. The second kappa shape index (κ2) is 9.67. The molecular formula is C22H21FN4O4S2.